The van der Waals surface area contributed by atoms with Crippen molar-refractivity contribution in [3.05, 3.63) is 87.4 Å². The molecular formula is C22H18Cl2N2O4. The molecule has 0 bridgehead atoms. The van der Waals surface area contributed by atoms with Crippen molar-refractivity contribution in [3.63, 3.8) is 0 Å². The predicted octanol–water partition coefficient (Wildman–Crippen LogP) is 5.05. The molecule has 0 atom stereocenters. The van der Waals surface area contributed by atoms with E-state index in [1.54, 1.807) is 36.4 Å². The van der Waals surface area contributed by atoms with Gasteiger partial charge in [0.1, 0.15) is 12.4 Å². The summed E-state index contributed by atoms with van der Waals surface area (Å²) in [5, 5.41) is 14.3. The molecule has 0 aliphatic carbocycles. The van der Waals surface area contributed by atoms with Gasteiger partial charge in [0, 0.05) is 21.2 Å². The fraction of sp³-hybridized carbons (Fsp3) is 0.0909. The van der Waals surface area contributed by atoms with E-state index in [0.717, 1.165) is 0 Å². The van der Waals surface area contributed by atoms with Crippen molar-refractivity contribution in [2.75, 3.05) is 7.11 Å². The predicted molar refractivity (Wildman–Crippen MR) is 117 cm³/mol. The second kappa shape index (κ2) is 10.0. The first kappa shape index (κ1) is 21.5. The van der Waals surface area contributed by atoms with Crippen molar-refractivity contribution in [1.82, 2.24) is 5.43 Å². The molecule has 3 rings (SSSR count). The van der Waals surface area contributed by atoms with Crippen LogP contribution in [-0.2, 0) is 6.61 Å². The van der Waals surface area contributed by atoms with Gasteiger partial charge >= 0.3 is 0 Å². The normalized spacial score (nSPS) is 10.8. The van der Waals surface area contributed by atoms with Crippen LogP contribution in [0.4, 0.5) is 0 Å². The molecule has 0 aliphatic rings. The molecule has 0 spiro atoms. The summed E-state index contributed by atoms with van der Waals surface area (Å²) in [6, 6.07) is 16.3. The van der Waals surface area contributed by atoms with Crippen LogP contribution in [0.25, 0.3) is 0 Å². The van der Waals surface area contributed by atoms with E-state index in [0.29, 0.717) is 38.2 Å². The first-order valence-electron chi connectivity index (χ1n) is 8.84. The van der Waals surface area contributed by atoms with Gasteiger partial charge in [-0.2, -0.15) is 5.10 Å². The van der Waals surface area contributed by atoms with Gasteiger partial charge < -0.3 is 14.6 Å². The van der Waals surface area contributed by atoms with Crippen LogP contribution in [0.2, 0.25) is 10.0 Å². The summed E-state index contributed by atoms with van der Waals surface area (Å²) in [6.07, 6.45) is 1.48. The number of hydrogen-bond donors (Lipinski definition) is 2. The Kier molecular flexibility index (Phi) is 7.17. The molecule has 3 aromatic carbocycles. The van der Waals surface area contributed by atoms with Crippen molar-refractivity contribution >= 4 is 35.3 Å². The minimum Gasteiger partial charge on any atom is -0.508 e. The lowest BCUT2D eigenvalue weighted by atomic mass is 10.2. The number of benzene rings is 3. The van der Waals surface area contributed by atoms with Crippen molar-refractivity contribution in [1.29, 1.82) is 0 Å². The standard InChI is InChI=1S/C22H18Cl2N2O4/c1-29-21-11-14(12-25-26-22(28)15-6-8-16(27)9-7-15)5-10-20(21)30-13-17-18(23)3-2-4-19(17)24/h2-12,27H,13H2,1H3,(H,26,28)/b25-12+. The van der Waals surface area contributed by atoms with Crippen molar-refractivity contribution < 1.29 is 19.4 Å². The number of carbonyl (C=O) groups excluding carboxylic acids is 1. The molecule has 0 radical (unpaired) electrons. The van der Waals surface area contributed by atoms with Gasteiger partial charge in [0.05, 0.1) is 13.3 Å². The van der Waals surface area contributed by atoms with E-state index in [1.807, 2.05) is 0 Å². The zero-order valence-corrected chi connectivity index (χ0v) is 17.4. The minimum absolute atomic E-state index is 0.0845. The van der Waals surface area contributed by atoms with Gasteiger partial charge in [0.2, 0.25) is 0 Å². The van der Waals surface area contributed by atoms with E-state index < -0.39 is 5.91 Å². The molecule has 8 heteroatoms. The smallest absolute Gasteiger partial charge is 0.271 e. The van der Waals surface area contributed by atoms with Crippen molar-refractivity contribution in [3.8, 4) is 17.2 Å². The Morgan fingerprint density at radius 2 is 1.77 bits per heavy atom. The van der Waals surface area contributed by atoms with E-state index in [-0.39, 0.29) is 12.4 Å². The van der Waals surface area contributed by atoms with E-state index >= 15 is 0 Å². The molecule has 0 unspecified atom stereocenters. The number of carbonyl (C=O) groups is 1. The number of methoxy groups -OCH3 is 1. The molecule has 0 fully saturated rings. The van der Waals surface area contributed by atoms with E-state index in [9.17, 15) is 9.90 Å². The van der Waals surface area contributed by atoms with Gasteiger partial charge in [-0.25, -0.2) is 5.43 Å². The fourth-order valence-corrected chi connectivity index (χ4v) is 3.05. The van der Waals surface area contributed by atoms with Crippen molar-refractivity contribution in [2.45, 2.75) is 6.61 Å². The Bertz CT molecular complexity index is 1050. The summed E-state index contributed by atoms with van der Waals surface area (Å²) in [6.45, 7) is 0.186. The van der Waals surface area contributed by atoms with Gasteiger partial charge in [0.15, 0.2) is 11.5 Å². The van der Waals surface area contributed by atoms with Crippen LogP contribution in [-0.4, -0.2) is 24.3 Å². The molecule has 3 aromatic rings. The molecular weight excluding hydrogens is 427 g/mol. The SMILES string of the molecule is COc1cc(/C=N/NC(=O)c2ccc(O)cc2)ccc1OCc1c(Cl)cccc1Cl. The third-order valence-corrected chi connectivity index (χ3v) is 4.84. The maximum absolute atomic E-state index is 12.0. The molecule has 0 saturated carbocycles. The third-order valence-electron chi connectivity index (χ3n) is 4.13. The van der Waals surface area contributed by atoms with E-state index in [2.05, 4.69) is 10.5 Å². The van der Waals surface area contributed by atoms with Crippen LogP contribution in [0.1, 0.15) is 21.5 Å². The third kappa shape index (κ3) is 5.43. The molecule has 154 valence electrons. The number of nitrogens with zero attached hydrogens (tertiary/aromatic N) is 1. The lowest BCUT2D eigenvalue weighted by molar-refractivity contribution is 0.0955. The molecule has 0 saturated heterocycles. The Labute approximate surface area is 183 Å². The van der Waals surface area contributed by atoms with Crippen LogP contribution in [0.5, 0.6) is 17.2 Å². The first-order valence-corrected chi connectivity index (χ1v) is 9.59. The Hall–Kier alpha value is -3.22. The molecule has 2 N–H and O–H groups in total. The van der Waals surface area contributed by atoms with Crippen LogP contribution in [0, 0.1) is 0 Å². The number of amides is 1. The number of aromatic hydroxyl groups is 1. The maximum atomic E-state index is 12.0. The fourth-order valence-electron chi connectivity index (χ4n) is 2.55. The highest BCUT2D eigenvalue weighted by atomic mass is 35.5. The Morgan fingerprint density at radius 1 is 1.07 bits per heavy atom. The van der Waals surface area contributed by atoms with Gasteiger partial charge in [-0.15, -0.1) is 0 Å². The van der Waals surface area contributed by atoms with Crippen LogP contribution in [0.3, 0.4) is 0 Å². The van der Waals surface area contributed by atoms with Gasteiger partial charge in [-0.05, 0) is 60.2 Å². The summed E-state index contributed by atoms with van der Waals surface area (Å²) in [5.41, 5.74) is 4.19. The molecule has 6 nitrogen and oxygen atoms in total. The second-order valence-corrected chi connectivity index (χ2v) is 6.96. The lowest BCUT2D eigenvalue weighted by Crippen LogP contribution is -2.17. The summed E-state index contributed by atoms with van der Waals surface area (Å²) in [7, 11) is 1.53. The highest BCUT2D eigenvalue weighted by Crippen LogP contribution is 2.31. The molecule has 0 aromatic heterocycles. The maximum Gasteiger partial charge on any atom is 0.271 e. The average Bonchev–Trinajstić information content (AvgIpc) is 2.74. The van der Waals surface area contributed by atoms with Crippen LogP contribution in [0.15, 0.2) is 65.8 Å². The first-order chi connectivity index (χ1) is 14.5. The number of ether oxygens (including phenoxy) is 2. The number of halogens is 2. The highest BCUT2D eigenvalue weighted by molar-refractivity contribution is 6.35. The molecule has 1 amide bonds. The Morgan fingerprint density at radius 3 is 2.43 bits per heavy atom. The molecule has 0 heterocycles. The van der Waals surface area contributed by atoms with Crippen molar-refractivity contribution in [2.24, 2.45) is 5.10 Å². The van der Waals surface area contributed by atoms with Gasteiger partial charge in [0.25, 0.3) is 5.91 Å². The average molecular weight is 445 g/mol. The number of nitrogens with one attached hydrogen (secondary N) is 1. The number of hydrazone groups is 1. The van der Waals surface area contributed by atoms with Gasteiger partial charge in [-0.1, -0.05) is 29.3 Å². The minimum atomic E-state index is -0.394. The summed E-state index contributed by atoms with van der Waals surface area (Å²) >= 11 is 12.3. The number of rotatable bonds is 7. The lowest BCUT2D eigenvalue weighted by Gasteiger charge is -2.13. The zero-order valence-electron chi connectivity index (χ0n) is 15.9. The monoisotopic (exact) mass is 444 g/mol. The zero-order chi connectivity index (χ0) is 21.5. The molecule has 0 aliphatic heterocycles. The number of hydrogen-bond acceptors (Lipinski definition) is 5. The topological polar surface area (TPSA) is 80.2 Å². The highest BCUT2D eigenvalue weighted by Gasteiger charge is 2.10. The van der Waals surface area contributed by atoms with E-state index in [4.69, 9.17) is 32.7 Å². The van der Waals surface area contributed by atoms with Gasteiger partial charge in [-0.3, -0.25) is 4.79 Å². The Balaban J connectivity index is 1.65. The van der Waals surface area contributed by atoms with Crippen LogP contribution < -0.4 is 14.9 Å². The molecule has 30 heavy (non-hydrogen) atoms. The largest absolute Gasteiger partial charge is 0.508 e. The second-order valence-electron chi connectivity index (χ2n) is 6.15. The quantitative estimate of drug-likeness (QED) is 0.394. The number of phenols is 1. The van der Waals surface area contributed by atoms with Crippen LogP contribution >= 0.6 is 23.2 Å². The summed E-state index contributed by atoms with van der Waals surface area (Å²) < 4.78 is 11.2. The van der Waals surface area contributed by atoms with E-state index in [1.165, 1.54) is 37.6 Å². The number of phenolic OH excluding ortho intramolecular Hbond substituents is 1. The summed E-state index contributed by atoms with van der Waals surface area (Å²) in [4.78, 5) is 12.0. The summed E-state index contributed by atoms with van der Waals surface area (Å²) in [5.74, 6) is 0.696.